The number of rotatable bonds is 9. The molecule has 1 aliphatic heterocycles. The van der Waals surface area contributed by atoms with Crippen LogP contribution in [0.1, 0.15) is 44.2 Å². The first kappa shape index (κ1) is 28.3. The molecule has 10 nitrogen and oxygen atoms in total. The number of aryl methyl sites for hydroxylation is 1. The van der Waals surface area contributed by atoms with Gasteiger partial charge in [0.2, 0.25) is 5.88 Å². The van der Waals surface area contributed by atoms with Gasteiger partial charge < -0.3 is 14.8 Å². The summed E-state index contributed by atoms with van der Waals surface area (Å²) in [6.07, 6.45) is 4.22. The molecule has 6 rings (SSSR count). The largest absolute Gasteiger partial charge is 0.473 e. The summed E-state index contributed by atoms with van der Waals surface area (Å²) in [5.74, 6) is 1.31. The van der Waals surface area contributed by atoms with Crippen LogP contribution in [0.4, 0.5) is 10.2 Å². The second-order valence-electron chi connectivity index (χ2n) is 11.3. The highest BCUT2D eigenvalue weighted by molar-refractivity contribution is 5.94. The Hall–Kier alpha value is -3.83. The van der Waals surface area contributed by atoms with Gasteiger partial charge in [-0.1, -0.05) is 24.3 Å². The van der Waals surface area contributed by atoms with Crippen LogP contribution in [-0.4, -0.2) is 74.6 Å². The van der Waals surface area contributed by atoms with Gasteiger partial charge in [0.25, 0.3) is 5.56 Å². The van der Waals surface area contributed by atoms with Crippen LogP contribution in [0.2, 0.25) is 0 Å². The van der Waals surface area contributed by atoms with Crippen LogP contribution in [-0.2, 0) is 18.3 Å². The number of ether oxygens (including phenoxy) is 2. The van der Waals surface area contributed by atoms with E-state index in [1.165, 1.54) is 10.7 Å². The smallest absolute Gasteiger partial charge is 0.266 e. The van der Waals surface area contributed by atoms with Crippen LogP contribution in [0.5, 0.6) is 5.88 Å². The van der Waals surface area contributed by atoms with Crippen LogP contribution in [0.3, 0.4) is 0 Å². The minimum atomic E-state index is -0.948. The van der Waals surface area contributed by atoms with Crippen molar-refractivity contribution >= 4 is 16.7 Å². The molecule has 0 spiro atoms. The number of benzene rings is 1. The molecule has 0 unspecified atom stereocenters. The molecule has 4 heterocycles. The fourth-order valence-electron chi connectivity index (χ4n) is 6.11. The summed E-state index contributed by atoms with van der Waals surface area (Å²) in [5.41, 5.74) is 3.96. The van der Waals surface area contributed by atoms with Crippen molar-refractivity contribution in [3.8, 4) is 17.1 Å². The normalized spacial score (nSPS) is 23.0. The van der Waals surface area contributed by atoms with Gasteiger partial charge in [-0.15, -0.1) is 5.10 Å². The zero-order valence-electron chi connectivity index (χ0n) is 24.4. The Labute approximate surface area is 244 Å². The number of alkyl halides is 1. The summed E-state index contributed by atoms with van der Waals surface area (Å²) in [6, 6.07) is 13.8. The average molecular weight is 576 g/mol. The van der Waals surface area contributed by atoms with E-state index in [-0.39, 0.29) is 23.8 Å². The highest BCUT2D eigenvalue weighted by Gasteiger charge is 2.32. The Kier molecular flexibility index (Phi) is 8.21. The summed E-state index contributed by atoms with van der Waals surface area (Å²) in [5, 5.41) is 13.7. The van der Waals surface area contributed by atoms with Gasteiger partial charge in [0, 0.05) is 75.7 Å². The van der Waals surface area contributed by atoms with Crippen molar-refractivity contribution < 1.29 is 13.9 Å². The van der Waals surface area contributed by atoms with Gasteiger partial charge in [0.15, 0.2) is 0 Å². The number of halogens is 1. The van der Waals surface area contributed by atoms with Crippen molar-refractivity contribution in [1.29, 1.82) is 0 Å². The molecule has 1 N–H and O–H groups in total. The molecule has 11 heteroatoms. The number of aromatic nitrogens is 5. The van der Waals surface area contributed by atoms with E-state index >= 15 is 0 Å². The third kappa shape index (κ3) is 5.89. The number of hydrogen-bond acceptors (Lipinski definition) is 8. The second-order valence-corrected chi connectivity index (χ2v) is 11.3. The lowest BCUT2D eigenvalue weighted by molar-refractivity contribution is 0.0621. The second kappa shape index (κ2) is 12.2. The molecule has 1 aliphatic carbocycles. The Morgan fingerprint density at radius 1 is 1.05 bits per heavy atom. The van der Waals surface area contributed by atoms with Gasteiger partial charge in [0.05, 0.1) is 11.6 Å². The summed E-state index contributed by atoms with van der Waals surface area (Å²) < 4.78 is 29.0. The Bertz CT molecular complexity index is 1580. The molecule has 222 valence electrons. The zero-order valence-corrected chi connectivity index (χ0v) is 24.4. The lowest BCUT2D eigenvalue weighted by atomic mass is 9.93. The number of hydrogen-bond donors (Lipinski definition) is 1. The van der Waals surface area contributed by atoms with Gasteiger partial charge in [-0.3, -0.25) is 14.4 Å². The summed E-state index contributed by atoms with van der Waals surface area (Å²) in [4.78, 5) is 18.4. The highest BCUT2D eigenvalue weighted by Crippen LogP contribution is 2.36. The molecular weight excluding hydrogens is 537 g/mol. The van der Waals surface area contributed by atoms with Gasteiger partial charge in [-0.2, -0.15) is 5.10 Å². The van der Waals surface area contributed by atoms with Crippen molar-refractivity contribution in [2.45, 2.75) is 63.6 Å². The lowest BCUT2D eigenvalue weighted by Crippen LogP contribution is -2.27. The number of likely N-dealkylation sites (tertiary alicyclic amines) is 1. The number of fused-ring (bicyclic) bond motifs is 1. The molecule has 1 saturated carbocycles. The molecule has 3 aromatic heterocycles. The first-order valence-corrected chi connectivity index (χ1v) is 14.7. The standard InChI is InChI=1S/C31H38FN7O3/c1-4-33-28-15-26-24(16-34-28)31(21-7-5-20(6-8-21)17-38-18-25(32)27(19-38)41-3)36-39(26)22-9-11-23(12-10-22)42-29-13-14-30(40)37(2)35-29/h5-8,13-16,22-23,25,27H,4,9-12,17-19H2,1-3H3,(H,33,34)/t22-,23+,25-,27-/m0/s1. The quantitative estimate of drug-likeness (QED) is 0.315. The van der Waals surface area contributed by atoms with Crippen molar-refractivity contribution in [3.05, 3.63) is 64.6 Å². The van der Waals surface area contributed by atoms with E-state index in [1.807, 2.05) is 6.20 Å². The number of methoxy groups -OCH3 is 1. The van der Waals surface area contributed by atoms with Gasteiger partial charge in [-0.05, 0) is 38.2 Å². The van der Waals surface area contributed by atoms with Gasteiger partial charge in [-0.25, -0.2) is 14.1 Å². The number of anilines is 1. The van der Waals surface area contributed by atoms with E-state index in [9.17, 15) is 9.18 Å². The van der Waals surface area contributed by atoms with E-state index < -0.39 is 6.17 Å². The highest BCUT2D eigenvalue weighted by atomic mass is 19.1. The maximum absolute atomic E-state index is 14.1. The van der Waals surface area contributed by atoms with Gasteiger partial charge in [0.1, 0.15) is 29.9 Å². The number of pyridine rings is 1. The molecule has 2 fully saturated rings. The van der Waals surface area contributed by atoms with Crippen LogP contribution in [0, 0.1) is 0 Å². The average Bonchev–Trinajstić information content (AvgIpc) is 3.55. The van der Waals surface area contributed by atoms with Gasteiger partial charge >= 0.3 is 0 Å². The minimum absolute atomic E-state index is 0.0431. The maximum Gasteiger partial charge on any atom is 0.266 e. The van der Waals surface area contributed by atoms with E-state index in [0.29, 0.717) is 25.5 Å². The molecule has 4 aromatic rings. The third-order valence-corrected chi connectivity index (χ3v) is 8.37. The Balaban J connectivity index is 1.21. The first-order valence-electron chi connectivity index (χ1n) is 14.7. The SMILES string of the molecule is CCNc1cc2c(cn1)c(-c1ccc(CN3C[C@H](OC)[C@@H](F)C3)cc1)nn2[C@H]1CC[C@@H](Oc2ccc(=O)n(C)n2)CC1. The number of nitrogens with zero attached hydrogens (tertiary/aromatic N) is 6. The van der Waals surface area contributed by atoms with Crippen LogP contribution in [0.25, 0.3) is 22.2 Å². The molecule has 0 amide bonds. The lowest BCUT2D eigenvalue weighted by Gasteiger charge is -2.29. The Morgan fingerprint density at radius 3 is 2.52 bits per heavy atom. The fraction of sp³-hybridized carbons (Fsp3) is 0.484. The van der Waals surface area contributed by atoms with Crippen molar-refractivity contribution in [2.75, 3.05) is 32.1 Å². The molecule has 1 aromatic carbocycles. The van der Waals surface area contributed by atoms with E-state index in [2.05, 4.69) is 62.2 Å². The molecule has 0 bridgehead atoms. The summed E-state index contributed by atoms with van der Waals surface area (Å²) >= 11 is 0. The monoisotopic (exact) mass is 575 g/mol. The van der Waals surface area contributed by atoms with Crippen molar-refractivity contribution in [2.24, 2.45) is 7.05 Å². The predicted octanol–water partition coefficient (Wildman–Crippen LogP) is 4.36. The number of nitrogens with one attached hydrogen (secondary N) is 1. The third-order valence-electron chi connectivity index (χ3n) is 8.37. The van der Waals surface area contributed by atoms with Crippen LogP contribution < -0.4 is 15.6 Å². The first-order chi connectivity index (χ1) is 20.4. The van der Waals surface area contributed by atoms with Crippen LogP contribution >= 0.6 is 0 Å². The molecule has 2 atom stereocenters. The molecule has 1 saturated heterocycles. The maximum atomic E-state index is 14.1. The predicted molar refractivity (Wildman–Crippen MR) is 159 cm³/mol. The van der Waals surface area contributed by atoms with E-state index in [4.69, 9.17) is 14.6 Å². The summed E-state index contributed by atoms with van der Waals surface area (Å²) in [6.45, 7) is 4.52. The molecule has 2 aliphatic rings. The minimum Gasteiger partial charge on any atom is -0.473 e. The fourth-order valence-corrected chi connectivity index (χ4v) is 6.11. The van der Waals surface area contributed by atoms with Crippen LogP contribution in [0.15, 0.2) is 53.5 Å². The Morgan fingerprint density at radius 2 is 1.83 bits per heavy atom. The van der Waals surface area contributed by atoms with Crippen molar-refractivity contribution in [3.63, 3.8) is 0 Å². The zero-order chi connectivity index (χ0) is 29.2. The van der Waals surface area contributed by atoms with E-state index in [1.54, 1.807) is 20.2 Å². The molecule has 42 heavy (non-hydrogen) atoms. The van der Waals surface area contributed by atoms with Crippen molar-refractivity contribution in [1.82, 2.24) is 29.4 Å². The summed E-state index contributed by atoms with van der Waals surface area (Å²) in [7, 11) is 3.20. The molecule has 0 radical (unpaired) electrons. The van der Waals surface area contributed by atoms with E-state index in [0.717, 1.165) is 65.8 Å². The topological polar surface area (TPSA) is 99.3 Å². The molecular formula is C31H38FN7O3.